The molecule has 0 saturated heterocycles. The van der Waals surface area contributed by atoms with Gasteiger partial charge in [-0.25, -0.2) is 13.2 Å². The minimum Gasteiger partial charge on any atom is -0.497 e. The number of nitrogens with one attached hydrogen (secondary N) is 1. The number of rotatable bonds is 8. The monoisotopic (exact) mass is 487 g/mol. The van der Waals surface area contributed by atoms with Crippen LogP contribution in [0.25, 0.3) is 0 Å². The Hall–Kier alpha value is -3.43. The third kappa shape index (κ3) is 6.77. The van der Waals surface area contributed by atoms with Gasteiger partial charge in [0.2, 0.25) is 0 Å². The van der Waals surface area contributed by atoms with Crippen molar-refractivity contribution in [2.75, 3.05) is 25.5 Å². The van der Waals surface area contributed by atoms with E-state index in [1.54, 1.807) is 0 Å². The quantitative estimate of drug-likeness (QED) is 0.550. The Kier molecular flexibility index (Phi) is 8.18. The van der Waals surface area contributed by atoms with Gasteiger partial charge < -0.3 is 19.3 Å². The fraction of sp³-hybridized carbons (Fsp3) is 0.286. The van der Waals surface area contributed by atoms with Crippen molar-refractivity contribution in [2.45, 2.75) is 24.1 Å². The molecule has 0 heterocycles. The fourth-order valence-corrected chi connectivity index (χ4v) is 3.74. The van der Waals surface area contributed by atoms with Gasteiger partial charge in [-0.05, 0) is 37.3 Å². The van der Waals surface area contributed by atoms with Gasteiger partial charge in [-0.15, -0.1) is 0 Å². The van der Waals surface area contributed by atoms with E-state index < -0.39 is 40.4 Å². The van der Waals surface area contributed by atoms with E-state index in [9.17, 15) is 26.4 Å². The largest absolute Gasteiger partial charge is 0.497 e. The molecule has 0 fully saturated rings. The molecular formula is C21H20F3NO7S. The molecule has 0 aromatic heterocycles. The lowest BCUT2D eigenvalue weighted by atomic mass is 10.1. The normalized spacial score (nSPS) is 12.3. The maximum Gasteiger partial charge on any atom is 0.416 e. The van der Waals surface area contributed by atoms with Crippen LogP contribution in [0.5, 0.6) is 11.5 Å². The number of halogens is 3. The molecule has 0 aliphatic rings. The number of aliphatic carboxylic acids is 1. The summed E-state index contributed by atoms with van der Waals surface area (Å²) in [6.07, 6.45) is -5.88. The van der Waals surface area contributed by atoms with Crippen LogP contribution in [0.2, 0.25) is 0 Å². The summed E-state index contributed by atoms with van der Waals surface area (Å²) >= 11 is 0. The molecule has 0 aliphatic heterocycles. The molecule has 1 atom stereocenters. The van der Waals surface area contributed by atoms with Crippen LogP contribution in [0.1, 0.15) is 18.1 Å². The highest BCUT2D eigenvalue weighted by molar-refractivity contribution is 7.92. The summed E-state index contributed by atoms with van der Waals surface area (Å²) in [6.45, 7) is 0.856. The van der Waals surface area contributed by atoms with Gasteiger partial charge in [0.15, 0.2) is 6.10 Å². The number of carboxylic acids is 1. The smallest absolute Gasteiger partial charge is 0.416 e. The minimum atomic E-state index is -4.70. The van der Waals surface area contributed by atoms with E-state index >= 15 is 0 Å². The third-order valence-corrected chi connectivity index (χ3v) is 5.61. The Labute approximate surface area is 188 Å². The first kappa shape index (κ1) is 25.8. The maximum atomic E-state index is 13.2. The van der Waals surface area contributed by atoms with Gasteiger partial charge >= 0.3 is 12.1 Å². The second-order valence-corrected chi connectivity index (χ2v) is 8.12. The first-order chi connectivity index (χ1) is 15.4. The standard InChI is InChI=1S/C21H20F3NO7S/c1-13(20(26)27)32-10-4-5-14-11-15(21(22,23)24)6-8-17(14)25-33(28,29)19-12-16(30-2)7-9-18(19)31-3/h6-9,11-13,25H,10H2,1-3H3,(H,26,27). The fourth-order valence-electron chi connectivity index (χ4n) is 2.48. The molecule has 2 N–H and O–H groups in total. The predicted molar refractivity (Wildman–Crippen MR) is 112 cm³/mol. The number of alkyl halides is 3. The first-order valence-electron chi connectivity index (χ1n) is 9.18. The highest BCUT2D eigenvalue weighted by atomic mass is 32.2. The lowest BCUT2D eigenvalue weighted by molar-refractivity contribution is -0.148. The van der Waals surface area contributed by atoms with E-state index in [0.29, 0.717) is 12.1 Å². The van der Waals surface area contributed by atoms with Crippen LogP contribution < -0.4 is 14.2 Å². The van der Waals surface area contributed by atoms with Crippen molar-refractivity contribution in [3.8, 4) is 23.3 Å². The molecule has 2 aromatic carbocycles. The van der Waals surface area contributed by atoms with Crippen LogP contribution in [-0.4, -0.2) is 46.4 Å². The van der Waals surface area contributed by atoms with Gasteiger partial charge in [-0.3, -0.25) is 4.72 Å². The van der Waals surface area contributed by atoms with Crippen LogP contribution in [0.4, 0.5) is 18.9 Å². The van der Waals surface area contributed by atoms with Crippen LogP contribution >= 0.6 is 0 Å². The predicted octanol–water partition coefficient (Wildman–Crippen LogP) is 3.36. The van der Waals surface area contributed by atoms with Crippen molar-refractivity contribution in [1.29, 1.82) is 0 Å². The van der Waals surface area contributed by atoms with Crippen molar-refractivity contribution in [1.82, 2.24) is 0 Å². The second-order valence-electron chi connectivity index (χ2n) is 6.47. The number of carbonyl (C=O) groups is 1. The van der Waals surface area contributed by atoms with Crippen molar-refractivity contribution in [3.63, 3.8) is 0 Å². The average Bonchev–Trinajstić information content (AvgIpc) is 2.75. The van der Waals surface area contributed by atoms with E-state index in [4.69, 9.17) is 19.3 Å². The summed E-state index contributed by atoms with van der Waals surface area (Å²) in [7, 11) is -1.73. The zero-order valence-corrected chi connectivity index (χ0v) is 18.5. The van der Waals surface area contributed by atoms with Crippen LogP contribution in [0.3, 0.4) is 0 Å². The molecule has 0 bridgehead atoms. The highest BCUT2D eigenvalue weighted by Crippen LogP contribution is 2.34. The Morgan fingerprint density at radius 1 is 1.15 bits per heavy atom. The molecule has 1 unspecified atom stereocenters. The second kappa shape index (κ2) is 10.5. The Morgan fingerprint density at radius 3 is 2.42 bits per heavy atom. The lowest BCUT2D eigenvalue weighted by Gasteiger charge is -2.15. The summed E-state index contributed by atoms with van der Waals surface area (Å²) < 4.78 is 82.6. The summed E-state index contributed by atoms with van der Waals surface area (Å²) in [6, 6.07) is 6.34. The van der Waals surface area contributed by atoms with E-state index in [1.807, 2.05) is 0 Å². The molecule has 2 aromatic rings. The molecule has 178 valence electrons. The van der Waals surface area contributed by atoms with Crippen molar-refractivity contribution < 1.29 is 45.7 Å². The number of sulfonamides is 1. The Balaban J connectivity index is 2.46. The van der Waals surface area contributed by atoms with E-state index in [-0.39, 0.29) is 27.6 Å². The molecular weight excluding hydrogens is 467 g/mol. The van der Waals surface area contributed by atoms with Crippen LogP contribution in [-0.2, 0) is 25.7 Å². The van der Waals surface area contributed by atoms with Crippen molar-refractivity contribution >= 4 is 21.7 Å². The molecule has 12 heteroatoms. The van der Waals surface area contributed by atoms with Gasteiger partial charge in [0, 0.05) is 11.6 Å². The molecule has 2 rings (SSSR count). The summed E-state index contributed by atoms with van der Waals surface area (Å²) in [5.74, 6) is 3.75. The van der Waals surface area contributed by atoms with Crippen LogP contribution in [0.15, 0.2) is 41.3 Å². The van der Waals surface area contributed by atoms with E-state index in [1.165, 1.54) is 39.3 Å². The highest BCUT2D eigenvalue weighted by Gasteiger charge is 2.31. The van der Waals surface area contributed by atoms with Crippen LogP contribution in [0, 0.1) is 11.8 Å². The number of hydrogen-bond acceptors (Lipinski definition) is 6. The Morgan fingerprint density at radius 2 is 1.85 bits per heavy atom. The van der Waals surface area contributed by atoms with Crippen molar-refractivity contribution in [2.24, 2.45) is 0 Å². The Bertz CT molecular complexity index is 1180. The summed E-state index contributed by atoms with van der Waals surface area (Å²) in [5, 5.41) is 8.79. The number of hydrogen-bond donors (Lipinski definition) is 2. The van der Waals surface area contributed by atoms with Gasteiger partial charge in [-0.2, -0.15) is 13.2 Å². The SMILES string of the molecule is COc1ccc(OC)c(S(=O)(=O)Nc2ccc(C(F)(F)F)cc2C#CCOC(C)C(=O)O)c1. The van der Waals surface area contributed by atoms with Gasteiger partial charge in [0.25, 0.3) is 10.0 Å². The van der Waals surface area contributed by atoms with Gasteiger partial charge in [-0.1, -0.05) is 11.8 Å². The molecule has 0 spiro atoms. The average molecular weight is 487 g/mol. The molecule has 8 nitrogen and oxygen atoms in total. The number of benzene rings is 2. The molecule has 0 amide bonds. The maximum absolute atomic E-state index is 13.2. The van der Waals surface area contributed by atoms with E-state index in [0.717, 1.165) is 6.07 Å². The molecule has 33 heavy (non-hydrogen) atoms. The number of carboxylic acid groups (broad SMARTS) is 1. The minimum absolute atomic E-state index is 0.0149. The third-order valence-electron chi connectivity index (χ3n) is 4.23. The zero-order chi connectivity index (χ0) is 24.8. The molecule has 0 saturated carbocycles. The molecule has 0 radical (unpaired) electrons. The van der Waals surface area contributed by atoms with E-state index in [2.05, 4.69) is 16.6 Å². The number of anilines is 1. The number of methoxy groups -OCH3 is 2. The summed E-state index contributed by atoms with van der Waals surface area (Å²) in [5.41, 5.74) is -1.57. The summed E-state index contributed by atoms with van der Waals surface area (Å²) in [4.78, 5) is 10.5. The zero-order valence-electron chi connectivity index (χ0n) is 17.7. The number of ether oxygens (including phenoxy) is 3. The van der Waals surface area contributed by atoms with Crippen molar-refractivity contribution in [3.05, 3.63) is 47.5 Å². The topological polar surface area (TPSA) is 111 Å². The molecule has 0 aliphatic carbocycles. The first-order valence-corrected chi connectivity index (χ1v) is 10.7. The van der Waals surface area contributed by atoms with Gasteiger partial charge in [0.1, 0.15) is 23.0 Å². The van der Waals surface area contributed by atoms with Gasteiger partial charge in [0.05, 0.1) is 25.5 Å². The lowest BCUT2D eigenvalue weighted by Crippen LogP contribution is -2.19.